The highest BCUT2D eigenvalue weighted by atomic mass is 32.2. The Morgan fingerprint density at radius 3 is 2.12 bits per heavy atom. The molecule has 0 radical (unpaired) electrons. The third-order valence-corrected chi connectivity index (χ3v) is 14.6. The van der Waals surface area contributed by atoms with Gasteiger partial charge in [-0.25, -0.2) is 0 Å². The molecule has 0 bridgehead atoms. The van der Waals surface area contributed by atoms with Crippen LogP contribution in [0.1, 0.15) is 116 Å². The molecule has 17 heteroatoms. The second-order valence-electron chi connectivity index (χ2n) is 17.8. The SMILES string of the molecule is CC(C)(C/C=C/C1=C(Oc2ccc(S(=O)(=O)O)cc2)C(=C/C=C2/N(CCCCCC(=O)NCCCCCCN)c3ccc(S(=O)(=O)O)cc3C2(C)C)/CCC1)c1cccc(S(=O)(=O)O)c1. The van der Waals surface area contributed by atoms with Gasteiger partial charge >= 0.3 is 0 Å². The number of nitrogens with two attached hydrogens (primary N) is 1. The van der Waals surface area contributed by atoms with E-state index in [9.17, 15) is 43.7 Å². The number of fused-ring (bicyclic) bond motifs is 1. The minimum absolute atomic E-state index is 0.0257. The molecule has 2 aliphatic rings. The quantitative estimate of drug-likeness (QED) is 0.0468. The van der Waals surface area contributed by atoms with Crippen molar-refractivity contribution in [2.75, 3.05) is 24.5 Å². The smallest absolute Gasteiger partial charge is 0.294 e. The summed E-state index contributed by atoms with van der Waals surface area (Å²) in [6, 6.07) is 16.3. The van der Waals surface area contributed by atoms with Gasteiger partial charge in [0.15, 0.2) is 0 Å². The van der Waals surface area contributed by atoms with E-state index in [1.807, 2.05) is 58.1 Å². The highest BCUT2D eigenvalue weighted by Crippen LogP contribution is 2.49. The van der Waals surface area contributed by atoms with Gasteiger partial charge in [-0.15, -0.1) is 0 Å². The summed E-state index contributed by atoms with van der Waals surface area (Å²) in [6.07, 6.45) is 17.1. The first-order valence-electron chi connectivity index (χ1n) is 22.0. The maximum atomic E-state index is 12.5. The number of unbranched alkanes of at least 4 members (excludes halogenated alkanes) is 5. The second kappa shape index (κ2) is 21.8. The number of nitrogens with one attached hydrogen (secondary N) is 1. The number of nitrogens with zero attached hydrogens (tertiary/aromatic N) is 1. The van der Waals surface area contributed by atoms with Crippen molar-refractivity contribution in [1.82, 2.24) is 5.32 Å². The Kier molecular flexibility index (Phi) is 17.2. The van der Waals surface area contributed by atoms with Gasteiger partial charge in [-0.2, -0.15) is 25.3 Å². The lowest BCUT2D eigenvalue weighted by Crippen LogP contribution is -2.27. The minimum atomic E-state index is -4.48. The lowest BCUT2D eigenvalue weighted by atomic mass is 9.81. The summed E-state index contributed by atoms with van der Waals surface area (Å²) in [4.78, 5) is 14.0. The van der Waals surface area contributed by atoms with Crippen LogP contribution in [0, 0.1) is 0 Å². The van der Waals surface area contributed by atoms with E-state index in [4.69, 9.17) is 10.5 Å². The third-order valence-electron chi connectivity index (χ3n) is 12.0. The molecular formula is C48H63N3O11S3. The zero-order valence-corrected chi connectivity index (χ0v) is 40.1. The predicted octanol–water partition coefficient (Wildman–Crippen LogP) is 8.97. The third kappa shape index (κ3) is 14.0. The number of carbonyl (C=O) groups is 1. The molecule has 0 aromatic heterocycles. The molecule has 0 saturated heterocycles. The summed E-state index contributed by atoms with van der Waals surface area (Å²) in [5, 5.41) is 3.00. The first kappa shape index (κ1) is 51.4. The Morgan fingerprint density at radius 2 is 1.45 bits per heavy atom. The molecule has 0 fully saturated rings. The summed E-state index contributed by atoms with van der Waals surface area (Å²) >= 11 is 0. The zero-order valence-electron chi connectivity index (χ0n) is 37.6. The van der Waals surface area contributed by atoms with Crippen LogP contribution in [-0.2, 0) is 46.0 Å². The van der Waals surface area contributed by atoms with Crippen LogP contribution < -0.4 is 20.7 Å². The molecule has 354 valence electrons. The average Bonchev–Trinajstić information content (AvgIpc) is 3.45. The number of anilines is 1. The maximum Gasteiger partial charge on any atom is 0.294 e. The van der Waals surface area contributed by atoms with E-state index >= 15 is 0 Å². The molecule has 3 aromatic carbocycles. The fourth-order valence-electron chi connectivity index (χ4n) is 8.25. The van der Waals surface area contributed by atoms with Gasteiger partial charge in [0.2, 0.25) is 5.91 Å². The van der Waals surface area contributed by atoms with Crippen molar-refractivity contribution < 1.29 is 48.4 Å². The number of carbonyl (C=O) groups excluding carboxylic acids is 1. The van der Waals surface area contributed by atoms with Crippen LogP contribution in [-0.4, -0.2) is 64.5 Å². The lowest BCUT2D eigenvalue weighted by molar-refractivity contribution is -0.121. The standard InChI is InChI=1S/C48H63N3O11S3/c1-47(2,37-18-13-19-40(33-37)64(56,57)58)29-14-17-35-15-12-16-36(46(35)62-38-22-24-39(25-23-38)63(53,54)55)21-28-44-48(3,4)42-34-41(65(59,60)61)26-27-43(42)51(44)32-11-7-8-20-45(52)50-31-10-6-5-9-30-49/h13-14,17-19,21-28,33-34H,5-12,15-16,20,29-32,49H2,1-4H3,(H,50,52)(H,53,54,55)(H,56,57,58)(H,59,60,61)/b17-14+,36-21+,44-28+. The van der Waals surface area contributed by atoms with Crippen molar-refractivity contribution in [2.45, 2.75) is 130 Å². The first-order valence-corrected chi connectivity index (χ1v) is 26.4. The highest BCUT2D eigenvalue weighted by Gasteiger charge is 2.40. The van der Waals surface area contributed by atoms with E-state index in [0.29, 0.717) is 63.2 Å². The molecule has 6 N–H and O–H groups in total. The Labute approximate surface area is 385 Å². The summed E-state index contributed by atoms with van der Waals surface area (Å²) in [7, 11) is -13.3. The van der Waals surface area contributed by atoms with Crippen molar-refractivity contribution in [3.63, 3.8) is 0 Å². The fourth-order valence-corrected chi connectivity index (χ4v) is 9.76. The molecule has 1 amide bonds. The van der Waals surface area contributed by atoms with E-state index in [-0.39, 0.29) is 20.6 Å². The van der Waals surface area contributed by atoms with Crippen LogP contribution in [0.2, 0.25) is 0 Å². The molecular weight excluding hydrogens is 891 g/mol. The summed E-state index contributed by atoms with van der Waals surface area (Å²) in [5.41, 5.74) is 9.18. The molecule has 1 aliphatic carbocycles. The van der Waals surface area contributed by atoms with E-state index in [2.05, 4.69) is 10.2 Å². The normalized spacial score (nSPS) is 17.0. The predicted molar refractivity (Wildman–Crippen MR) is 253 cm³/mol. The van der Waals surface area contributed by atoms with E-state index in [1.165, 1.54) is 48.5 Å². The number of benzene rings is 3. The van der Waals surface area contributed by atoms with Crippen LogP contribution in [0.4, 0.5) is 5.69 Å². The topological polar surface area (TPSA) is 231 Å². The summed E-state index contributed by atoms with van der Waals surface area (Å²) in [5.74, 6) is 0.917. The van der Waals surface area contributed by atoms with Gasteiger partial charge in [-0.3, -0.25) is 18.5 Å². The molecule has 0 atom stereocenters. The van der Waals surface area contributed by atoms with Crippen molar-refractivity contribution in [2.24, 2.45) is 5.73 Å². The summed E-state index contributed by atoms with van der Waals surface area (Å²) < 4.78 is 108. The number of ether oxygens (including phenoxy) is 1. The molecule has 0 spiro atoms. The lowest BCUT2D eigenvalue weighted by Gasteiger charge is -2.28. The van der Waals surface area contributed by atoms with Crippen LogP contribution in [0.3, 0.4) is 0 Å². The maximum absolute atomic E-state index is 12.5. The van der Waals surface area contributed by atoms with Gasteiger partial charge in [0, 0.05) is 36.3 Å². The number of allylic oxidation sites excluding steroid dienone is 7. The molecule has 65 heavy (non-hydrogen) atoms. The number of hydrogen-bond donors (Lipinski definition) is 5. The molecule has 0 unspecified atom stereocenters. The van der Waals surface area contributed by atoms with Crippen LogP contribution >= 0.6 is 0 Å². The number of hydrogen-bond acceptors (Lipinski definition) is 10. The monoisotopic (exact) mass is 953 g/mol. The van der Waals surface area contributed by atoms with Crippen molar-refractivity contribution >= 4 is 41.9 Å². The molecule has 0 saturated carbocycles. The largest absolute Gasteiger partial charge is 0.457 e. The highest BCUT2D eigenvalue weighted by molar-refractivity contribution is 7.86. The number of amides is 1. The molecule has 1 aliphatic heterocycles. The number of rotatable bonds is 22. The van der Waals surface area contributed by atoms with Crippen LogP contribution in [0.15, 0.2) is 128 Å². The van der Waals surface area contributed by atoms with Crippen LogP contribution in [0.5, 0.6) is 5.75 Å². The van der Waals surface area contributed by atoms with Gasteiger partial charge < -0.3 is 20.7 Å². The van der Waals surface area contributed by atoms with Crippen molar-refractivity contribution in [3.8, 4) is 5.75 Å². The van der Waals surface area contributed by atoms with Gasteiger partial charge in [0.1, 0.15) is 11.5 Å². The fraction of sp³-hybridized carbons (Fsp3) is 0.438. The zero-order chi connectivity index (χ0) is 47.6. The van der Waals surface area contributed by atoms with Gasteiger partial charge in [0.05, 0.1) is 14.7 Å². The Hall–Kier alpha value is -4.62. The van der Waals surface area contributed by atoms with Crippen molar-refractivity contribution in [1.29, 1.82) is 0 Å². The van der Waals surface area contributed by atoms with Crippen molar-refractivity contribution in [3.05, 3.63) is 125 Å². The molecule has 14 nitrogen and oxygen atoms in total. The second-order valence-corrected chi connectivity index (χ2v) is 22.1. The summed E-state index contributed by atoms with van der Waals surface area (Å²) in [6.45, 7) is 9.83. The van der Waals surface area contributed by atoms with Crippen LogP contribution in [0.25, 0.3) is 0 Å². The molecule has 5 rings (SSSR count). The van der Waals surface area contributed by atoms with Gasteiger partial charge in [-0.05, 0) is 146 Å². The van der Waals surface area contributed by atoms with E-state index in [0.717, 1.165) is 78.6 Å². The molecule has 1 heterocycles. The first-order chi connectivity index (χ1) is 30.5. The Balaban J connectivity index is 1.46. The van der Waals surface area contributed by atoms with E-state index in [1.54, 1.807) is 12.1 Å². The minimum Gasteiger partial charge on any atom is -0.457 e. The van der Waals surface area contributed by atoms with Gasteiger partial charge in [0.25, 0.3) is 30.4 Å². The van der Waals surface area contributed by atoms with E-state index < -0.39 is 41.2 Å². The Morgan fingerprint density at radius 1 is 0.800 bits per heavy atom. The van der Waals surface area contributed by atoms with Gasteiger partial charge in [-0.1, -0.05) is 77.3 Å². The average molecular weight is 954 g/mol. The molecule has 3 aromatic rings. The Bertz CT molecular complexity index is 2650.